The zero-order valence-corrected chi connectivity index (χ0v) is 14.5. The lowest BCUT2D eigenvalue weighted by molar-refractivity contribution is 0.0869. The molecule has 130 valence electrons. The van der Waals surface area contributed by atoms with Crippen LogP contribution in [0.25, 0.3) is 0 Å². The van der Waals surface area contributed by atoms with Crippen LogP contribution in [-0.2, 0) is 0 Å². The highest BCUT2D eigenvalue weighted by Crippen LogP contribution is 2.11. The number of aryl methyl sites for hydroxylation is 1. The fraction of sp³-hybridized carbons (Fsp3) is 0.0909. The minimum absolute atomic E-state index is 0.199. The van der Waals surface area contributed by atoms with Crippen molar-refractivity contribution in [1.29, 1.82) is 0 Å². The van der Waals surface area contributed by atoms with Crippen molar-refractivity contribution in [3.8, 4) is 0 Å². The summed E-state index contributed by atoms with van der Waals surface area (Å²) >= 11 is 0. The van der Waals surface area contributed by atoms with Gasteiger partial charge in [0.15, 0.2) is 6.17 Å². The molecular formula is C22H20N2O2. The van der Waals surface area contributed by atoms with E-state index >= 15 is 0 Å². The average Bonchev–Trinajstić information content (AvgIpc) is 2.69. The number of para-hydroxylation sites is 1. The molecule has 0 radical (unpaired) electrons. The van der Waals surface area contributed by atoms with Crippen molar-refractivity contribution in [2.24, 2.45) is 0 Å². The zero-order valence-electron chi connectivity index (χ0n) is 14.5. The molecule has 3 aromatic rings. The van der Waals surface area contributed by atoms with E-state index in [2.05, 4.69) is 10.6 Å². The fourth-order valence-electron chi connectivity index (χ4n) is 2.56. The van der Waals surface area contributed by atoms with Gasteiger partial charge in [0.1, 0.15) is 0 Å². The normalized spacial score (nSPS) is 11.4. The molecule has 3 aromatic carbocycles. The predicted octanol–water partition coefficient (Wildman–Crippen LogP) is 4.05. The Morgan fingerprint density at radius 2 is 1.31 bits per heavy atom. The number of amides is 1. The first kappa shape index (κ1) is 17.4. The lowest BCUT2D eigenvalue weighted by Crippen LogP contribution is -2.46. The van der Waals surface area contributed by atoms with E-state index in [1.807, 2.05) is 55.5 Å². The minimum Gasteiger partial charge on any atom is -0.359 e. The van der Waals surface area contributed by atoms with Gasteiger partial charge < -0.3 is 10.6 Å². The molecule has 1 atom stereocenters. The summed E-state index contributed by atoms with van der Waals surface area (Å²) < 4.78 is 0. The molecule has 0 saturated carbocycles. The van der Waals surface area contributed by atoms with Crippen molar-refractivity contribution < 1.29 is 9.59 Å². The third kappa shape index (κ3) is 4.36. The number of Topliss-reactive ketones (excluding diaryl/α,β-unsaturated/α-hetero) is 1. The van der Waals surface area contributed by atoms with E-state index in [1.165, 1.54) is 0 Å². The molecule has 2 N–H and O–H groups in total. The van der Waals surface area contributed by atoms with Crippen LogP contribution < -0.4 is 10.6 Å². The monoisotopic (exact) mass is 344 g/mol. The Kier molecular flexibility index (Phi) is 5.44. The largest absolute Gasteiger partial charge is 0.359 e. The van der Waals surface area contributed by atoms with E-state index in [0.717, 1.165) is 11.3 Å². The van der Waals surface area contributed by atoms with Crippen LogP contribution in [0, 0.1) is 6.92 Å². The van der Waals surface area contributed by atoms with Crippen molar-refractivity contribution in [2.45, 2.75) is 13.1 Å². The highest BCUT2D eigenvalue weighted by atomic mass is 16.2. The summed E-state index contributed by atoms with van der Waals surface area (Å²) in [6.07, 6.45) is -0.867. The van der Waals surface area contributed by atoms with Gasteiger partial charge in [0.2, 0.25) is 5.78 Å². The minimum atomic E-state index is -0.867. The van der Waals surface area contributed by atoms with Crippen molar-refractivity contribution in [3.05, 3.63) is 102 Å². The van der Waals surface area contributed by atoms with E-state index in [4.69, 9.17) is 0 Å². The van der Waals surface area contributed by atoms with Crippen LogP contribution in [0.5, 0.6) is 0 Å². The van der Waals surface area contributed by atoms with E-state index in [0.29, 0.717) is 11.1 Å². The first-order valence-corrected chi connectivity index (χ1v) is 8.42. The molecule has 0 bridgehead atoms. The second kappa shape index (κ2) is 8.12. The SMILES string of the molecule is Cc1ccc(C(=O)N[C@@H](Nc2ccccc2)C(=O)c2ccccc2)cc1. The first-order valence-electron chi connectivity index (χ1n) is 8.42. The summed E-state index contributed by atoms with van der Waals surface area (Å²) in [6, 6.07) is 25.5. The first-order chi connectivity index (χ1) is 12.6. The second-order valence-electron chi connectivity index (χ2n) is 6.01. The van der Waals surface area contributed by atoms with Gasteiger partial charge in [-0.05, 0) is 31.2 Å². The van der Waals surface area contributed by atoms with Crippen LogP contribution in [0.15, 0.2) is 84.9 Å². The molecule has 4 heteroatoms. The molecule has 0 unspecified atom stereocenters. The molecule has 1 amide bonds. The lowest BCUT2D eigenvalue weighted by Gasteiger charge is -2.20. The van der Waals surface area contributed by atoms with Crippen LogP contribution in [0.4, 0.5) is 5.69 Å². The number of ketones is 1. The van der Waals surface area contributed by atoms with Crippen molar-refractivity contribution in [2.75, 3.05) is 5.32 Å². The topological polar surface area (TPSA) is 58.2 Å². The lowest BCUT2D eigenvalue weighted by atomic mass is 10.1. The maximum Gasteiger partial charge on any atom is 0.253 e. The van der Waals surface area contributed by atoms with Crippen molar-refractivity contribution in [1.82, 2.24) is 5.32 Å². The number of hydrogen-bond donors (Lipinski definition) is 2. The summed E-state index contributed by atoms with van der Waals surface area (Å²) in [5.41, 5.74) is 2.87. The quantitative estimate of drug-likeness (QED) is 0.524. The van der Waals surface area contributed by atoms with Crippen LogP contribution in [0.2, 0.25) is 0 Å². The Hall–Kier alpha value is -3.40. The van der Waals surface area contributed by atoms with Gasteiger partial charge in [-0.3, -0.25) is 9.59 Å². The molecule has 26 heavy (non-hydrogen) atoms. The zero-order chi connectivity index (χ0) is 18.4. The number of rotatable bonds is 6. The number of nitrogens with one attached hydrogen (secondary N) is 2. The third-order valence-electron chi connectivity index (χ3n) is 3.99. The maximum absolute atomic E-state index is 12.9. The van der Waals surface area contributed by atoms with Crippen molar-refractivity contribution in [3.63, 3.8) is 0 Å². The van der Waals surface area contributed by atoms with Crippen LogP contribution in [0.1, 0.15) is 26.3 Å². The number of anilines is 1. The standard InChI is InChI=1S/C22H20N2O2/c1-16-12-14-18(15-13-16)22(26)24-21(23-19-10-6-3-7-11-19)20(25)17-8-4-2-5-9-17/h2-15,21,23H,1H3,(H,24,26)/t21-/m1/s1. The molecule has 0 heterocycles. The molecule has 0 fully saturated rings. The van der Waals surface area contributed by atoms with Gasteiger partial charge in [0.05, 0.1) is 0 Å². The van der Waals surface area contributed by atoms with Gasteiger partial charge in [-0.1, -0.05) is 66.2 Å². The molecule has 0 spiro atoms. The van der Waals surface area contributed by atoms with E-state index in [9.17, 15) is 9.59 Å². The van der Waals surface area contributed by atoms with Gasteiger partial charge in [-0.15, -0.1) is 0 Å². The van der Waals surface area contributed by atoms with Gasteiger partial charge in [-0.2, -0.15) is 0 Å². The Morgan fingerprint density at radius 3 is 1.92 bits per heavy atom. The second-order valence-corrected chi connectivity index (χ2v) is 6.01. The van der Waals surface area contributed by atoms with Crippen molar-refractivity contribution >= 4 is 17.4 Å². The van der Waals surface area contributed by atoms with E-state index in [1.54, 1.807) is 36.4 Å². The average molecular weight is 344 g/mol. The molecular weight excluding hydrogens is 324 g/mol. The van der Waals surface area contributed by atoms with E-state index < -0.39 is 6.17 Å². The maximum atomic E-state index is 12.9. The highest BCUT2D eigenvalue weighted by Gasteiger charge is 2.22. The number of carbonyl (C=O) groups excluding carboxylic acids is 2. The third-order valence-corrected chi connectivity index (χ3v) is 3.99. The summed E-state index contributed by atoms with van der Waals surface area (Å²) in [6.45, 7) is 1.96. The summed E-state index contributed by atoms with van der Waals surface area (Å²) in [4.78, 5) is 25.5. The van der Waals surface area contributed by atoms with E-state index in [-0.39, 0.29) is 11.7 Å². The Balaban J connectivity index is 1.83. The number of hydrogen-bond acceptors (Lipinski definition) is 3. The molecule has 0 aliphatic carbocycles. The van der Waals surface area contributed by atoms with Crippen LogP contribution in [-0.4, -0.2) is 17.9 Å². The Bertz CT molecular complexity index is 875. The molecule has 3 rings (SSSR count). The number of carbonyl (C=O) groups is 2. The van der Waals surface area contributed by atoms with Gasteiger partial charge >= 0.3 is 0 Å². The van der Waals surface area contributed by atoms with Crippen LogP contribution >= 0.6 is 0 Å². The summed E-state index contributed by atoms with van der Waals surface area (Å²) in [7, 11) is 0. The molecule has 0 aliphatic rings. The van der Waals surface area contributed by atoms with Gasteiger partial charge in [0, 0.05) is 16.8 Å². The summed E-state index contributed by atoms with van der Waals surface area (Å²) in [5, 5.41) is 5.91. The van der Waals surface area contributed by atoms with Gasteiger partial charge in [0.25, 0.3) is 5.91 Å². The summed E-state index contributed by atoms with van der Waals surface area (Å²) in [5.74, 6) is -0.502. The van der Waals surface area contributed by atoms with Crippen LogP contribution in [0.3, 0.4) is 0 Å². The smallest absolute Gasteiger partial charge is 0.253 e. The Labute approximate surface area is 152 Å². The molecule has 0 aliphatic heterocycles. The number of benzene rings is 3. The highest BCUT2D eigenvalue weighted by molar-refractivity contribution is 6.05. The molecule has 4 nitrogen and oxygen atoms in total. The van der Waals surface area contributed by atoms with Gasteiger partial charge in [-0.25, -0.2) is 0 Å². The fourth-order valence-corrected chi connectivity index (χ4v) is 2.56. The predicted molar refractivity (Wildman–Crippen MR) is 103 cm³/mol. The molecule has 0 aromatic heterocycles. The Morgan fingerprint density at radius 1 is 0.731 bits per heavy atom. The molecule has 0 saturated heterocycles.